The second-order valence-corrected chi connectivity index (χ2v) is 8.41. The monoisotopic (exact) mass is 359 g/mol. The molecule has 2 saturated heterocycles. The van der Waals surface area contributed by atoms with Crippen LogP contribution in [0.25, 0.3) is 0 Å². The second-order valence-electron chi connectivity index (χ2n) is 6.07. The van der Waals surface area contributed by atoms with E-state index in [1.54, 1.807) is 0 Å². The van der Waals surface area contributed by atoms with E-state index in [2.05, 4.69) is 5.32 Å². The van der Waals surface area contributed by atoms with Crippen LogP contribution < -0.4 is 5.32 Å². The zero-order valence-electron chi connectivity index (χ0n) is 12.7. The summed E-state index contributed by atoms with van der Waals surface area (Å²) in [6, 6.07) is 2.78. The summed E-state index contributed by atoms with van der Waals surface area (Å²) in [7, 11) is -3.78. The Labute approximate surface area is 139 Å². The number of nitro benzene ring substituents is 1. The van der Waals surface area contributed by atoms with E-state index in [0.717, 1.165) is 25.5 Å². The Morgan fingerprint density at radius 1 is 1.39 bits per heavy atom. The van der Waals surface area contributed by atoms with Crippen molar-refractivity contribution in [2.24, 2.45) is 5.92 Å². The molecule has 0 saturated carbocycles. The summed E-state index contributed by atoms with van der Waals surface area (Å²) >= 11 is 6.00. The Morgan fingerprint density at radius 3 is 2.83 bits per heavy atom. The summed E-state index contributed by atoms with van der Waals surface area (Å²) in [4.78, 5) is 10.4. The molecule has 2 fully saturated rings. The molecular weight excluding hydrogens is 342 g/mol. The Morgan fingerprint density at radius 2 is 2.13 bits per heavy atom. The normalized spacial score (nSPS) is 25.3. The predicted octanol–water partition coefficient (Wildman–Crippen LogP) is 1.93. The third-order valence-corrected chi connectivity index (χ3v) is 6.98. The minimum Gasteiger partial charge on any atom is -0.314 e. The maximum Gasteiger partial charge on any atom is 0.275 e. The first-order chi connectivity index (χ1) is 10.8. The first kappa shape index (κ1) is 16.6. The van der Waals surface area contributed by atoms with E-state index >= 15 is 0 Å². The molecule has 2 unspecified atom stereocenters. The minimum atomic E-state index is -3.78. The standard InChI is InChI=1S/C14H18ClN3O4S/c1-9-12(15)6-11(7-14(9)18(19)20)23(21,22)17-5-3-13-10(8-17)2-4-16-13/h6-7,10,13,16H,2-5,8H2,1H3. The number of hydrogen-bond acceptors (Lipinski definition) is 5. The average molecular weight is 360 g/mol. The Bertz CT molecular complexity index is 753. The summed E-state index contributed by atoms with van der Waals surface area (Å²) < 4.78 is 27.1. The van der Waals surface area contributed by atoms with Gasteiger partial charge in [0.1, 0.15) is 0 Å². The lowest BCUT2D eigenvalue weighted by Gasteiger charge is -2.34. The van der Waals surface area contributed by atoms with E-state index in [1.807, 2.05) is 0 Å². The highest BCUT2D eigenvalue weighted by atomic mass is 35.5. The van der Waals surface area contributed by atoms with Gasteiger partial charge in [0.25, 0.3) is 5.69 Å². The van der Waals surface area contributed by atoms with Crippen molar-refractivity contribution in [2.75, 3.05) is 19.6 Å². The van der Waals surface area contributed by atoms with Gasteiger partial charge in [-0.25, -0.2) is 8.42 Å². The largest absolute Gasteiger partial charge is 0.314 e. The van der Waals surface area contributed by atoms with Crippen LogP contribution in [0.1, 0.15) is 18.4 Å². The van der Waals surface area contributed by atoms with Crippen molar-refractivity contribution in [1.29, 1.82) is 0 Å². The Hall–Kier alpha value is -1.22. The molecule has 0 bridgehead atoms. The zero-order valence-corrected chi connectivity index (χ0v) is 14.2. The molecule has 1 N–H and O–H groups in total. The van der Waals surface area contributed by atoms with Gasteiger partial charge in [0.2, 0.25) is 10.0 Å². The van der Waals surface area contributed by atoms with Gasteiger partial charge in [-0.15, -0.1) is 0 Å². The smallest absolute Gasteiger partial charge is 0.275 e. The first-order valence-corrected chi connectivity index (χ1v) is 9.30. The summed E-state index contributed by atoms with van der Waals surface area (Å²) in [5.41, 5.74) is 0.00260. The van der Waals surface area contributed by atoms with Gasteiger partial charge in [0.05, 0.1) is 14.8 Å². The van der Waals surface area contributed by atoms with Gasteiger partial charge >= 0.3 is 0 Å². The maximum absolute atomic E-state index is 12.8. The molecule has 126 valence electrons. The molecule has 2 aliphatic rings. The van der Waals surface area contributed by atoms with Crippen LogP contribution in [0.5, 0.6) is 0 Å². The molecule has 2 heterocycles. The summed E-state index contributed by atoms with van der Waals surface area (Å²) in [6.45, 7) is 3.27. The topological polar surface area (TPSA) is 92.6 Å². The quantitative estimate of drug-likeness (QED) is 0.657. The predicted molar refractivity (Wildman–Crippen MR) is 86.1 cm³/mol. The highest BCUT2D eigenvalue weighted by Crippen LogP contribution is 2.33. The van der Waals surface area contributed by atoms with Crippen LogP contribution in [0.3, 0.4) is 0 Å². The number of sulfonamides is 1. The molecule has 0 aromatic heterocycles. The highest BCUT2D eigenvalue weighted by Gasteiger charge is 2.38. The fourth-order valence-corrected chi connectivity index (χ4v) is 5.20. The second kappa shape index (κ2) is 6.01. The molecule has 2 atom stereocenters. The molecule has 0 spiro atoms. The maximum atomic E-state index is 12.8. The van der Waals surface area contributed by atoms with Crippen molar-refractivity contribution < 1.29 is 13.3 Å². The third-order valence-electron chi connectivity index (χ3n) is 4.74. The van der Waals surface area contributed by atoms with Crippen LogP contribution in [0.2, 0.25) is 5.02 Å². The Kier molecular flexibility index (Phi) is 4.35. The number of halogens is 1. The molecule has 3 rings (SSSR count). The van der Waals surface area contributed by atoms with Crippen molar-refractivity contribution in [3.05, 3.63) is 32.8 Å². The summed E-state index contributed by atoms with van der Waals surface area (Å²) in [5.74, 6) is 0.300. The van der Waals surface area contributed by atoms with E-state index in [-0.39, 0.29) is 21.2 Å². The number of nitrogens with zero attached hydrogens (tertiary/aromatic N) is 2. The van der Waals surface area contributed by atoms with Crippen LogP contribution in [-0.4, -0.2) is 43.3 Å². The van der Waals surface area contributed by atoms with E-state index in [9.17, 15) is 18.5 Å². The molecule has 0 aliphatic carbocycles. The van der Waals surface area contributed by atoms with Crippen molar-refractivity contribution in [3.8, 4) is 0 Å². The molecular formula is C14H18ClN3O4S. The van der Waals surface area contributed by atoms with Gasteiger partial charge in [-0.1, -0.05) is 11.6 Å². The van der Waals surface area contributed by atoms with Gasteiger partial charge in [-0.3, -0.25) is 10.1 Å². The van der Waals surface area contributed by atoms with E-state index in [0.29, 0.717) is 25.0 Å². The minimum absolute atomic E-state index is 0.0928. The van der Waals surface area contributed by atoms with Crippen LogP contribution in [0.4, 0.5) is 5.69 Å². The molecule has 23 heavy (non-hydrogen) atoms. The molecule has 1 aromatic rings. The molecule has 2 aliphatic heterocycles. The molecule has 0 amide bonds. The number of nitrogens with one attached hydrogen (secondary N) is 1. The highest BCUT2D eigenvalue weighted by molar-refractivity contribution is 7.89. The van der Waals surface area contributed by atoms with Gasteiger partial charge in [0.15, 0.2) is 0 Å². The third kappa shape index (κ3) is 2.96. The Balaban J connectivity index is 1.95. The number of rotatable bonds is 3. The van der Waals surface area contributed by atoms with Crippen molar-refractivity contribution in [3.63, 3.8) is 0 Å². The lowest BCUT2D eigenvalue weighted by molar-refractivity contribution is -0.385. The van der Waals surface area contributed by atoms with Crippen LogP contribution in [0.15, 0.2) is 17.0 Å². The number of hydrogen-bond donors (Lipinski definition) is 1. The molecule has 7 nitrogen and oxygen atoms in total. The summed E-state index contributed by atoms with van der Waals surface area (Å²) in [5, 5.41) is 14.6. The fraction of sp³-hybridized carbons (Fsp3) is 0.571. The van der Waals surface area contributed by atoms with Crippen LogP contribution in [-0.2, 0) is 10.0 Å². The molecule has 1 aromatic carbocycles. The summed E-state index contributed by atoms with van der Waals surface area (Å²) in [6.07, 6.45) is 1.71. The van der Waals surface area contributed by atoms with Gasteiger partial charge in [0, 0.05) is 30.8 Å². The van der Waals surface area contributed by atoms with E-state index < -0.39 is 14.9 Å². The van der Waals surface area contributed by atoms with E-state index in [4.69, 9.17) is 11.6 Å². The lowest BCUT2D eigenvalue weighted by atomic mass is 9.95. The lowest BCUT2D eigenvalue weighted by Crippen LogP contribution is -2.46. The number of nitro groups is 1. The van der Waals surface area contributed by atoms with Crippen molar-refractivity contribution in [1.82, 2.24) is 9.62 Å². The number of piperidine rings is 1. The first-order valence-electron chi connectivity index (χ1n) is 7.49. The van der Waals surface area contributed by atoms with Crippen molar-refractivity contribution in [2.45, 2.75) is 30.7 Å². The average Bonchev–Trinajstić information content (AvgIpc) is 2.96. The molecule has 9 heteroatoms. The fourth-order valence-electron chi connectivity index (χ4n) is 3.36. The molecule has 0 radical (unpaired) electrons. The van der Waals surface area contributed by atoms with Crippen LogP contribution >= 0.6 is 11.6 Å². The number of fused-ring (bicyclic) bond motifs is 1. The zero-order chi connectivity index (χ0) is 16.8. The SMILES string of the molecule is Cc1c(Cl)cc(S(=O)(=O)N2CCC3NCCC3C2)cc1[N+](=O)[O-]. The van der Waals surface area contributed by atoms with Gasteiger partial charge < -0.3 is 5.32 Å². The van der Waals surface area contributed by atoms with Crippen LogP contribution in [0, 0.1) is 23.0 Å². The van der Waals surface area contributed by atoms with E-state index in [1.165, 1.54) is 17.3 Å². The van der Waals surface area contributed by atoms with Crippen molar-refractivity contribution >= 4 is 27.3 Å². The van der Waals surface area contributed by atoms with Gasteiger partial charge in [-0.2, -0.15) is 4.31 Å². The number of benzene rings is 1. The van der Waals surface area contributed by atoms with Gasteiger partial charge in [-0.05, 0) is 38.3 Å².